The third-order valence-corrected chi connectivity index (χ3v) is 5.00. The van der Waals surface area contributed by atoms with Crippen molar-refractivity contribution in [3.05, 3.63) is 81.6 Å². The summed E-state index contributed by atoms with van der Waals surface area (Å²) >= 11 is 3.39. The molecule has 1 aliphatic heterocycles. The molecule has 1 aliphatic rings. The van der Waals surface area contributed by atoms with Crippen molar-refractivity contribution in [1.82, 2.24) is 15.1 Å². The van der Waals surface area contributed by atoms with Crippen molar-refractivity contribution in [2.45, 2.75) is 25.9 Å². The summed E-state index contributed by atoms with van der Waals surface area (Å²) in [4.78, 5) is 12.4. The summed E-state index contributed by atoms with van der Waals surface area (Å²) in [6.07, 6.45) is 5.76. The number of carbonyl (C=O) groups excluding carboxylic acids is 1. The van der Waals surface area contributed by atoms with Crippen LogP contribution in [0.5, 0.6) is 5.75 Å². The molecule has 0 fully saturated rings. The average molecular weight is 426 g/mol. The fraction of sp³-hybridized carbons (Fsp3) is 0.238. The Morgan fingerprint density at radius 3 is 2.78 bits per heavy atom. The maximum absolute atomic E-state index is 12.4. The van der Waals surface area contributed by atoms with E-state index in [0.29, 0.717) is 18.7 Å². The molecular weight excluding hydrogens is 406 g/mol. The molecule has 1 aromatic heterocycles. The highest BCUT2D eigenvalue weighted by molar-refractivity contribution is 9.10. The van der Waals surface area contributed by atoms with Crippen molar-refractivity contribution >= 4 is 21.8 Å². The molecule has 0 unspecified atom stereocenters. The third kappa shape index (κ3) is 4.39. The second kappa shape index (κ2) is 7.96. The molecule has 3 aromatic rings. The number of aryl methyl sites for hydroxylation is 1. The van der Waals surface area contributed by atoms with Crippen molar-refractivity contribution in [3.8, 4) is 5.75 Å². The number of carbonyl (C=O) groups is 1. The molecule has 138 valence electrons. The van der Waals surface area contributed by atoms with Gasteiger partial charge in [-0.3, -0.25) is 9.48 Å². The molecule has 2 heterocycles. The highest BCUT2D eigenvalue weighted by atomic mass is 79.9. The van der Waals surface area contributed by atoms with Crippen LogP contribution in [-0.2, 0) is 19.5 Å². The zero-order valence-corrected chi connectivity index (χ0v) is 16.4. The van der Waals surface area contributed by atoms with Crippen LogP contribution in [0.3, 0.4) is 0 Å². The lowest BCUT2D eigenvalue weighted by Gasteiger charge is -2.18. The number of amides is 1. The SMILES string of the molecule is O=C(NCc1ccc2c(c1)CCCO2)c1ccc(Cn2cc(Br)cn2)cc1. The largest absolute Gasteiger partial charge is 0.493 e. The Balaban J connectivity index is 1.35. The lowest BCUT2D eigenvalue weighted by Crippen LogP contribution is -2.23. The van der Waals surface area contributed by atoms with Gasteiger partial charge in [0.1, 0.15) is 5.75 Å². The highest BCUT2D eigenvalue weighted by Crippen LogP contribution is 2.25. The van der Waals surface area contributed by atoms with E-state index in [1.807, 2.05) is 47.3 Å². The zero-order chi connectivity index (χ0) is 18.6. The van der Waals surface area contributed by atoms with Crippen LogP contribution >= 0.6 is 15.9 Å². The predicted octanol–water partition coefficient (Wildman–Crippen LogP) is 3.95. The number of rotatable bonds is 5. The predicted molar refractivity (Wildman–Crippen MR) is 107 cm³/mol. The van der Waals surface area contributed by atoms with Gasteiger partial charge in [-0.25, -0.2) is 0 Å². The Kier molecular flexibility index (Phi) is 5.25. The molecule has 2 aromatic carbocycles. The maximum Gasteiger partial charge on any atom is 0.251 e. The summed E-state index contributed by atoms with van der Waals surface area (Å²) in [6, 6.07) is 13.8. The Morgan fingerprint density at radius 1 is 1.19 bits per heavy atom. The minimum atomic E-state index is -0.0719. The summed E-state index contributed by atoms with van der Waals surface area (Å²) in [7, 11) is 0. The summed E-state index contributed by atoms with van der Waals surface area (Å²) in [5.74, 6) is 0.897. The number of hydrogen-bond acceptors (Lipinski definition) is 3. The van der Waals surface area contributed by atoms with Crippen LogP contribution in [0.25, 0.3) is 0 Å². The van der Waals surface area contributed by atoms with Gasteiger partial charge in [0.2, 0.25) is 0 Å². The minimum Gasteiger partial charge on any atom is -0.493 e. The number of hydrogen-bond donors (Lipinski definition) is 1. The summed E-state index contributed by atoms with van der Waals surface area (Å²) < 4.78 is 8.43. The first-order valence-electron chi connectivity index (χ1n) is 8.97. The second-order valence-corrected chi connectivity index (χ2v) is 7.55. The summed E-state index contributed by atoms with van der Waals surface area (Å²) in [5.41, 5.74) is 4.06. The second-order valence-electron chi connectivity index (χ2n) is 6.63. The van der Waals surface area contributed by atoms with Crippen molar-refractivity contribution in [2.24, 2.45) is 0 Å². The smallest absolute Gasteiger partial charge is 0.251 e. The van der Waals surface area contributed by atoms with E-state index in [-0.39, 0.29) is 5.91 Å². The molecule has 0 bridgehead atoms. The van der Waals surface area contributed by atoms with Gasteiger partial charge in [0.05, 0.1) is 23.8 Å². The first-order chi connectivity index (χ1) is 13.2. The molecule has 6 heteroatoms. The molecule has 0 aliphatic carbocycles. The molecular formula is C21H20BrN3O2. The van der Waals surface area contributed by atoms with Crippen LogP contribution in [0.1, 0.15) is 33.5 Å². The summed E-state index contributed by atoms with van der Waals surface area (Å²) in [5, 5.41) is 7.23. The molecule has 0 spiro atoms. The molecule has 0 radical (unpaired) electrons. The molecule has 5 nitrogen and oxygen atoms in total. The van der Waals surface area contributed by atoms with Crippen LogP contribution < -0.4 is 10.1 Å². The van der Waals surface area contributed by atoms with Gasteiger partial charge in [-0.05, 0) is 63.7 Å². The van der Waals surface area contributed by atoms with Gasteiger partial charge >= 0.3 is 0 Å². The van der Waals surface area contributed by atoms with Crippen molar-refractivity contribution in [3.63, 3.8) is 0 Å². The van der Waals surface area contributed by atoms with E-state index in [1.165, 1.54) is 5.56 Å². The van der Waals surface area contributed by atoms with Gasteiger partial charge in [0, 0.05) is 18.3 Å². The first kappa shape index (κ1) is 17.8. The van der Waals surface area contributed by atoms with Gasteiger partial charge < -0.3 is 10.1 Å². The molecule has 0 atom stereocenters. The van der Waals surface area contributed by atoms with E-state index in [2.05, 4.69) is 32.4 Å². The number of fused-ring (bicyclic) bond motifs is 1. The molecule has 1 amide bonds. The standard InChI is InChI=1S/C21H20BrN3O2/c22-19-12-24-25(14-19)13-15-3-6-17(7-4-15)21(26)23-11-16-5-8-20-18(10-16)2-1-9-27-20/h3-8,10,12,14H,1-2,9,11,13H2,(H,23,26). The molecule has 0 saturated heterocycles. The van der Waals surface area contributed by atoms with Gasteiger partial charge in [0.15, 0.2) is 0 Å². The lowest BCUT2D eigenvalue weighted by molar-refractivity contribution is 0.0951. The topological polar surface area (TPSA) is 56.1 Å². The number of benzene rings is 2. The number of nitrogens with zero attached hydrogens (tertiary/aromatic N) is 2. The molecule has 4 rings (SSSR count). The third-order valence-electron chi connectivity index (χ3n) is 4.59. The molecule has 0 saturated carbocycles. The van der Waals surface area contributed by atoms with E-state index in [4.69, 9.17) is 4.74 Å². The van der Waals surface area contributed by atoms with Crippen molar-refractivity contribution in [2.75, 3.05) is 6.61 Å². The fourth-order valence-electron chi connectivity index (χ4n) is 3.18. The van der Waals surface area contributed by atoms with Crippen LogP contribution in [0, 0.1) is 0 Å². The molecule has 27 heavy (non-hydrogen) atoms. The van der Waals surface area contributed by atoms with Gasteiger partial charge in [-0.1, -0.05) is 24.3 Å². The quantitative estimate of drug-likeness (QED) is 0.673. The van der Waals surface area contributed by atoms with Crippen LogP contribution in [0.4, 0.5) is 0 Å². The van der Waals surface area contributed by atoms with E-state index in [0.717, 1.165) is 40.8 Å². The number of aromatic nitrogens is 2. The monoisotopic (exact) mass is 425 g/mol. The van der Waals surface area contributed by atoms with E-state index >= 15 is 0 Å². The van der Waals surface area contributed by atoms with Crippen molar-refractivity contribution < 1.29 is 9.53 Å². The minimum absolute atomic E-state index is 0.0719. The van der Waals surface area contributed by atoms with Crippen molar-refractivity contribution in [1.29, 1.82) is 0 Å². The fourth-order valence-corrected chi connectivity index (χ4v) is 3.51. The lowest BCUT2D eigenvalue weighted by atomic mass is 10.0. The zero-order valence-electron chi connectivity index (χ0n) is 14.8. The number of nitrogens with one attached hydrogen (secondary N) is 1. The van der Waals surface area contributed by atoms with E-state index in [9.17, 15) is 4.79 Å². The highest BCUT2D eigenvalue weighted by Gasteiger charge is 2.11. The number of halogens is 1. The average Bonchev–Trinajstić information content (AvgIpc) is 3.11. The van der Waals surface area contributed by atoms with Gasteiger partial charge in [-0.2, -0.15) is 5.10 Å². The molecule has 1 N–H and O–H groups in total. The Hall–Kier alpha value is -2.60. The van der Waals surface area contributed by atoms with E-state index < -0.39 is 0 Å². The Bertz CT molecular complexity index is 950. The Labute approximate surface area is 166 Å². The van der Waals surface area contributed by atoms with E-state index in [1.54, 1.807) is 6.20 Å². The van der Waals surface area contributed by atoms with Gasteiger partial charge in [-0.15, -0.1) is 0 Å². The normalized spacial score (nSPS) is 12.9. The van der Waals surface area contributed by atoms with Crippen LogP contribution in [0.2, 0.25) is 0 Å². The van der Waals surface area contributed by atoms with Crippen LogP contribution in [0.15, 0.2) is 59.3 Å². The van der Waals surface area contributed by atoms with Crippen LogP contribution in [-0.4, -0.2) is 22.3 Å². The van der Waals surface area contributed by atoms with Gasteiger partial charge in [0.25, 0.3) is 5.91 Å². The first-order valence-corrected chi connectivity index (χ1v) is 9.76. The number of ether oxygens (including phenoxy) is 1. The summed E-state index contributed by atoms with van der Waals surface area (Å²) in [6.45, 7) is 1.97. The Morgan fingerprint density at radius 2 is 2.00 bits per heavy atom. The maximum atomic E-state index is 12.4.